The molecule has 0 fully saturated rings. The number of benzene rings is 1. The van der Waals surface area contributed by atoms with E-state index in [2.05, 4.69) is 35.4 Å². The first kappa shape index (κ1) is 24.3. The molecule has 3 aromatic heterocycles. The summed E-state index contributed by atoms with van der Waals surface area (Å²) in [6, 6.07) is 10.5. The zero-order valence-corrected chi connectivity index (χ0v) is 21.9. The van der Waals surface area contributed by atoms with Crippen molar-refractivity contribution in [1.29, 1.82) is 0 Å². The number of hydrogen-bond donors (Lipinski definition) is 1. The monoisotopic (exact) mass is 505 g/mol. The van der Waals surface area contributed by atoms with E-state index in [1.807, 2.05) is 24.5 Å². The number of thiophene rings is 1. The van der Waals surface area contributed by atoms with Crippen LogP contribution in [-0.4, -0.2) is 36.0 Å². The van der Waals surface area contributed by atoms with E-state index in [1.165, 1.54) is 25.6 Å². The number of nitrogens with one attached hydrogen (secondary N) is 1. The number of ketones is 1. The van der Waals surface area contributed by atoms with E-state index in [0.29, 0.717) is 24.5 Å². The maximum atomic E-state index is 12.9. The second-order valence-corrected chi connectivity index (χ2v) is 11.4. The van der Waals surface area contributed by atoms with Crippen LogP contribution in [0.2, 0.25) is 0 Å². The van der Waals surface area contributed by atoms with Crippen LogP contribution < -0.4 is 5.32 Å². The standard InChI is InChI=1S/C28H31N3O2S2/c1-18-16-30-17-25-26(18)27(24(34-25)15-21(32)6-4-3-5-13-33-2)28-31-22-14-20(7-8-23(22)35-28)19-9-11-29-12-10-19/h7-12,14,18,30H,3-6,13,15-17H2,1-2H3/t18-/m0/s1. The van der Waals surface area contributed by atoms with Gasteiger partial charge in [-0.25, -0.2) is 4.98 Å². The molecule has 4 aromatic rings. The lowest BCUT2D eigenvalue weighted by molar-refractivity contribution is -0.118. The number of carbonyl (C=O) groups is 1. The molecule has 0 spiro atoms. The smallest absolute Gasteiger partial charge is 0.138 e. The number of aromatic nitrogens is 2. The number of fused-ring (bicyclic) bond motifs is 2. The predicted octanol–water partition coefficient (Wildman–Crippen LogP) is 6.61. The van der Waals surface area contributed by atoms with Crippen molar-refractivity contribution in [2.45, 2.75) is 51.5 Å². The van der Waals surface area contributed by atoms with Crippen molar-refractivity contribution in [3.63, 3.8) is 0 Å². The van der Waals surface area contributed by atoms with Crippen LogP contribution in [0.3, 0.4) is 0 Å². The van der Waals surface area contributed by atoms with E-state index in [4.69, 9.17) is 9.72 Å². The molecule has 0 radical (unpaired) electrons. The Balaban J connectivity index is 1.46. The molecule has 182 valence electrons. The fourth-order valence-electron chi connectivity index (χ4n) is 4.83. The number of carbonyl (C=O) groups excluding carboxylic acids is 1. The number of pyridine rings is 1. The Hall–Kier alpha value is -2.45. The molecule has 5 nitrogen and oxygen atoms in total. The maximum absolute atomic E-state index is 12.9. The minimum atomic E-state index is 0.323. The van der Waals surface area contributed by atoms with Crippen LogP contribution in [0.1, 0.15) is 53.8 Å². The van der Waals surface area contributed by atoms with Crippen LogP contribution in [0.25, 0.3) is 31.9 Å². The third-order valence-electron chi connectivity index (χ3n) is 6.60. The Morgan fingerprint density at radius 1 is 1.11 bits per heavy atom. The number of Topliss-reactive ketones (excluding diaryl/α,β-unsaturated/α-hetero) is 1. The zero-order chi connectivity index (χ0) is 24.2. The molecule has 0 saturated heterocycles. The molecule has 0 amide bonds. The van der Waals surface area contributed by atoms with Crippen molar-refractivity contribution in [2.75, 3.05) is 20.3 Å². The normalized spacial score (nSPS) is 15.4. The topological polar surface area (TPSA) is 64.1 Å². The Labute approximate surface area is 214 Å². The third-order valence-corrected chi connectivity index (χ3v) is 8.86. The van der Waals surface area contributed by atoms with Crippen LogP contribution in [-0.2, 0) is 22.5 Å². The average Bonchev–Trinajstić information content (AvgIpc) is 3.45. The molecule has 4 heterocycles. The van der Waals surface area contributed by atoms with Gasteiger partial charge in [-0.15, -0.1) is 22.7 Å². The van der Waals surface area contributed by atoms with Gasteiger partial charge in [-0.2, -0.15) is 0 Å². The number of methoxy groups -OCH3 is 1. The quantitative estimate of drug-likeness (QED) is 0.246. The van der Waals surface area contributed by atoms with E-state index < -0.39 is 0 Å². The molecule has 1 aliphatic heterocycles. The van der Waals surface area contributed by atoms with E-state index in [1.54, 1.807) is 29.8 Å². The Morgan fingerprint density at radius 2 is 1.97 bits per heavy atom. The molecule has 0 aliphatic carbocycles. The van der Waals surface area contributed by atoms with Gasteiger partial charge < -0.3 is 10.1 Å². The van der Waals surface area contributed by atoms with E-state index in [9.17, 15) is 4.79 Å². The zero-order valence-electron chi connectivity index (χ0n) is 20.3. The summed E-state index contributed by atoms with van der Waals surface area (Å²) in [6.07, 6.45) is 7.75. The van der Waals surface area contributed by atoms with Crippen LogP contribution >= 0.6 is 22.7 Å². The van der Waals surface area contributed by atoms with Crippen LogP contribution in [0.15, 0.2) is 42.7 Å². The molecule has 0 saturated carbocycles. The van der Waals surface area contributed by atoms with Gasteiger partial charge in [0, 0.05) is 67.4 Å². The molecule has 5 rings (SSSR count). The number of unbranched alkanes of at least 4 members (excludes halogenated alkanes) is 2. The lowest BCUT2D eigenvalue weighted by atomic mass is 9.92. The second-order valence-electron chi connectivity index (χ2n) is 9.23. The maximum Gasteiger partial charge on any atom is 0.138 e. The lowest BCUT2D eigenvalue weighted by Crippen LogP contribution is -2.25. The SMILES string of the molecule is COCCCCCC(=O)Cc1sc2c(c1-c1nc3cc(-c4ccncc4)ccc3s1)[C@@H](C)CNC2. The van der Waals surface area contributed by atoms with Crippen molar-refractivity contribution >= 4 is 38.7 Å². The number of ether oxygens (including phenoxy) is 1. The van der Waals surface area contributed by atoms with Crippen molar-refractivity contribution in [3.8, 4) is 21.7 Å². The van der Waals surface area contributed by atoms with Gasteiger partial charge in [-0.05, 0) is 59.7 Å². The molecular weight excluding hydrogens is 474 g/mol. The first-order valence-electron chi connectivity index (χ1n) is 12.3. The van der Waals surface area contributed by atoms with Gasteiger partial charge in [0.1, 0.15) is 10.8 Å². The summed E-state index contributed by atoms with van der Waals surface area (Å²) < 4.78 is 6.30. The molecule has 35 heavy (non-hydrogen) atoms. The summed E-state index contributed by atoms with van der Waals surface area (Å²) in [4.78, 5) is 24.7. The number of rotatable bonds is 10. The van der Waals surface area contributed by atoms with Gasteiger partial charge >= 0.3 is 0 Å². The summed E-state index contributed by atoms with van der Waals surface area (Å²) in [5.41, 5.74) is 5.91. The lowest BCUT2D eigenvalue weighted by Gasteiger charge is -2.21. The number of nitrogens with zero attached hydrogens (tertiary/aromatic N) is 2. The van der Waals surface area contributed by atoms with Crippen molar-refractivity contribution < 1.29 is 9.53 Å². The summed E-state index contributed by atoms with van der Waals surface area (Å²) in [7, 11) is 1.73. The first-order chi connectivity index (χ1) is 17.1. The Bertz CT molecular complexity index is 1310. The number of thiazole rings is 1. The van der Waals surface area contributed by atoms with Gasteiger partial charge in [-0.3, -0.25) is 9.78 Å². The highest BCUT2D eigenvalue weighted by atomic mass is 32.1. The molecule has 1 aliphatic rings. The molecular formula is C28H31N3O2S2. The summed E-state index contributed by atoms with van der Waals surface area (Å²) >= 11 is 3.54. The van der Waals surface area contributed by atoms with Gasteiger partial charge in [0.05, 0.1) is 10.2 Å². The molecule has 0 bridgehead atoms. The van der Waals surface area contributed by atoms with E-state index in [-0.39, 0.29) is 0 Å². The van der Waals surface area contributed by atoms with Crippen LogP contribution in [0.5, 0.6) is 0 Å². The minimum absolute atomic E-state index is 0.323. The summed E-state index contributed by atoms with van der Waals surface area (Å²) in [5.74, 6) is 0.728. The first-order valence-corrected chi connectivity index (χ1v) is 13.9. The summed E-state index contributed by atoms with van der Waals surface area (Å²) in [5, 5.41) is 4.58. The van der Waals surface area contributed by atoms with Gasteiger partial charge in [0.15, 0.2) is 0 Å². The summed E-state index contributed by atoms with van der Waals surface area (Å²) in [6.45, 7) is 4.87. The van der Waals surface area contributed by atoms with Crippen molar-refractivity contribution in [2.24, 2.45) is 0 Å². The van der Waals surface area contributed by atoms with Crippen LogP contribution in [0, 0.1) is 0 Å². The third kappa shape index (κ3) is 5.38. The van der Waals surface area contributed by atoms with Gasteiger partial charge in [-0.1, -0.05) is 19.4 Å². The van der Waals surface area contributed by atoms with Gasteiger partial charge in [0.2, 0.25) is 0 Å². The Morgan fingerprint density at radius 3 is 2.80 bits per heavy atom. The molecule has 1 N–H and O–H groups in total. The minimum Gasteiger partial charge on any atom is -0.385 e. The fourth-order valence-corrected chi connectivity index (χ4v) is 7.36. The van der Waals surface area contributed by atoms with E-state index in [0.717, 1.165) is 60.6 Å². The average molecular weight is 506 g/mol. The molecule has 1 atom stereocenters. The van der Waals surface area contributed by atoms with Gasteiger partial charge in [0.25, 0.3) is 0 Å². The highest BCUT2D eigenvalue weighted by molar-refractivity contribution is 7.22. The number of hydrogen-bond acceptors (Lipinski definition) is 7. The highest BCUT2D eigenvalue weighted by Gasteiger charge is 2.28. The highest BCUT2D eigenvalue weighted by Crippen LogP contribution is 2.45. The predicted molar refractivity (Wildman–Crippen MR) is 145 cm³/mol. The molecule has 7 heteroatoms. The molecule has 1 aromatic carbocycles. The van der Waals surface area contributed by atoms with Crippen molar-refractivity contribution in [3.05, 3.63) is 58.0 Å². The Kier molecular flexibility index (Phi) is 7.68. The largest absolute Gasteiger partial charge is 0.385 e. The fraction of sp³-hybridized carbons (Fsp3) is 0.393. The van der Waals surface area contributed by atoms with Crippen LogP contribution in [0.4, 0.5) is 0 Å². The second kappa shape index (κ2) is 11.1. The van der Waals surface area contributed by atoms with E-state index >= 15 is 0 Å². The molecule has 0 unspecified atom stereocenters. The van der Waals surface area contributed by atoms with Crippen molar-refractivity contribution in [1.82, 2.24) is 15.3 Å².